The minimum absolute atomic E-state index is 0.0460. The predicted molar refractivity (Wildman–Crippen MR) is 184 cm³/mol. The van der Waals surface area contributed by atoms with Crippen molar-refractivity contribution in [3.63, 3.8) is 0 Å². The standard InChI is InChI=1S/C36H36N6O6S/c1-45-26-16-14-25(15-17-26)28-21-29(27-11-7-12-30(46-2)34(27)47-3)42(40-28)33(43)23-49-36-39-38-32(22-37-35(44)31-13-8-20-48-31)41(36)19-18-24-9-5-4-6-10-24/h4-17,20,29H,18-19,21-23H2,1-3H3,(H,37,44). The van der Waals surface area contributed by atoms with Gasteiger partial charge in [-0.2, -0.15) is 5.10 Å². The van der Waals surface area contributed by atoms with E-state index in [0.29, 0.717) is 41.9 Å². The molecule has 1 atom stereocenters. The highest BCUT2D eigenvalue weighted by Gasteiger charge is 2.36. The first-order valence-corrected chi connectivity index (χ1v) is 16.6. The number of nitrogens with zero attached hydrogens (tertiary/aromatic N) is 5. The average Bonchev–Trinajstić information content (AvgIpc) is 3.93. The molecular formula is C36H36N6O6S. The number of carbonyl (C=O) groups is 2. The number of carbonyl (C=O) groups excluding carboxylic acids is 2. The van der Waals surface area contributed by atoms with Gasteiger partial charge in [0, 0.05) is 18.5 Å². The lowest BCUT2D eigenvalue weighted by Crippen LogP contribution is -2.29. The highest BCUT2D eigenvalue weighted by atomic mass is 32.2. The van der Waals surface area contributed by atoms with E-state index >= 15 is 0 Å². The van der Waals surface area contributed by atoms with Gasteiger partial charge in [0.1, 0.15) is 5.75 Å². The monoisotopic (exact) mass is 680 g/mol. The summed E-state index contributed by atoms with van der Waals surface area (Å²) in [6.45, 7) is 0.682. The fourth-order valence-electron chi connectivity index (χ4n) is 5.63. The molecule has 1 unspecified atom stereocenters. The first-order valence-electron chi connectivity index (χ1n) is 15.6. The maximum atomic E-state index is 14.1. The third-order valence-corrected chi connectivity index (χ3v) is 9.07. The summed E-state index contributed by atoms with van der Waals surface area (Å²) < 4.78 is 23.8. The number of ether oxygens (including phenoxy) is 3. The predicted octanol–water partition coefficient (Wildman–Crippen LogP) is 5.54. The van der Waals surface area contributed by atoms with E-state index in [1.165, 1.54) is 23.0 Å². The molecule has 2 amide bonds. The van der Waals surface area contributed by atoms with Crippen molar-refractivity contribution < 1.29 is 28.2 Å². The number of hydrazone groups is 1. The zero-order valence-electron chi connectivity index (χ0n) is 27.4. The van der Waals surface area contributed by atoms with Crippen LogP contribution in [0.3, 0.4) is 0 Å². The second-order valence-electron chi connectivity index (χ2n) is 11.1. The van der Waals surface area contributed by atoms with E-state index in [0.717, 1.165) is 28.2 Å². The molecule has 13 heteroatoms. The summed E-state index contributed by atoms with van der Waals surface area (Å²) in [6.07, 6.45) is 2.63. The summed E-state index contributed by atoms with van der Waals surface area (Å²) in [5.41, 5.74) is 3.57. The van der Waals surface area contributed by atoms with Crippen molar-refractivity contribution in [1.82, 2.24) is 25.1 Å². The van der Waals surface area contributed by atoms with Crippen molar-refractivity contribution in [1.29, 1.82) is 0 Å². The number of aryl methyl sites for hydroxylation is 1. The van der Waals surface area contributed by atoms with Gasteiger partial charge in [-0.25, -0.2) is 5.01 Å². The lowest BCUT2D eigenvalue weighted by Gasteiger charge is -2.24. The number of furan rings is 1. The summed E-state index contributed by atoms with van der Waals surface area (Å²) in [5, 5.41) is 18.6. The Morgan fingerprint density at radius 2 is 1.73 bits per heavy atom. The van der Waals surface area contributed by atoms with Crippen molar-refractivity contribution in [2.75, 3.05) is 27.1 Å². The third-order valence-electron chi connectivity index (χ3n) is 8.12. The Bertz CT molecular complexity index is 1910. The number of hydrogen-bond acceptors (Lipinski definition) is 10. The summed E-state index contributed by atoms with van der Waals surface area (Å²) in [4.78, 5) is 26.6. The van der Waals surface area contributed by atoms with Gasteiger partial charge in [-0.05, 0) is 60.0 Å². The van der Waals surface area contributed by atoms with Crippen LogP contribution in [0.4, 0.5) is 0 Å². The SMILES string of the molecule is COc1ccc(C2=NN(C(=O)CSc3nnc(CNC(=O)c4ccco4)n3CCc3ccccc3)C(c3cccc(OC)c3OC)C2)cc1. The lowest BCUT2D eigenvalue weighted by molar-refractivity contribution is -0.130. The molecule has 0 aliphatic carbocycles. The Morgan fingerprint density at radius 1 is 0.918 bits per heavy atom. The van der Waals surface area contributed by atoms with Gasteiger partial charge >= 0.3 is 0 Å². The van der Waals surface area contributed by atoms with Crippen LogP contribution < -0.4 is 19.5 Å². The molecule has 3 aromatic carbocycles. The van der Waals surface area contributed by atoms with Crippen LogP contribution in [0.2, 0.25) is 0 Å². The van der Waals surface area contributed by atoms with Crippen LogP contribution in [0.15, 0.2) is 106 Å². The average molecular weight is 681 g/mol. The third kappa shape index (κ3) is 7.62. The van der Waals surface area contributed by atoms with Crippen LogP contribution in [0.25, 0.3) is 0 Å². The van der Waals surface area contributed by atoms with Gasteiger partial charge in [0.25, 0.3) is 11.8 Å². The number of methoxy groups -OCH3 is 3. The molecule has 2 aromatic heterocycles. The Labute approximate surface area is 288 Å². The number of amides is 2. The first kappa shape index (κ1) is 33.3. The van der Waals surface area contributed by atoms with Crippen molar-refractivity contribution in [3.8, 4) is 17.2 Å². The first-order chi connectivity index (χ1) is 24.0. The smallest absolute Gasteiger partial charge is 0.287 e. The van der Waals surface area contributed by atoms with Crippen molar-refractivity contribution in [3.05, 3.63) is 119 Å². The van der Waals surface area contributed by atoms with Gasteiger partial charge in [0.05, 0.1) is 51.6 Å². The zero-order valence-corrected chi connectivity index (χ0v) is 28.2. The number of para-hydroxylation sites is 1. The highest BCUT2D eigenvalue weighted by Crippen LogP contribution is 2.42. The van der Waals surface area contributed by atoms with Gasteiger partial charge < -0.3 is 28.5 Å². The van der Waals surface area contributed by atoms with Crippen LogP contribution >= 0.6 is 11.8 Å². The summed E-state index contributed by atoms with van der Waals surface area (Å²) in [7, 11) is 4.79. The molecule has 0 spiro atoms. The van der Waals surface area contributed by atoms with E-state index < -0.39 is 6.04 Å². The van der Waals surface area contributed by atoms with E-state index in [4.69, 9.17) is 23.7 Å². The molecule has 5 aromatic rings. The number of thioether (sulfide) groups is 1. The number of nitrogens with one attached hydrogen (secondary N) is 1. The van der Waals surface area contributed by atoms with Gasteiger partial charge in [-0.1, -0.05) is 54.2 Å². The van der Waals surface area contributed by atoms with Crippen LogP contribution in [0.5, 0.6) is 17.2 Å². The zero-order chi connectivity index (χ0) is 34.2. The summed E-state index contributed by atoms with van der Waals surface area (Å²) >= 11 is 1.27. The van der Waals surface area contributed by atoms with Gasteiger partial charge in [0.2, 0.25) is 0 Å². The molecule has 0 saturated heterocycles. The van der Waals surface area contributed by atoms with E-state index in [2.05, 4.69) is 27.6 Å². The van der Waals surface area contributed by atoms with Gasteiger partial charge in [-0.15, -0.1) is 10.2 Å². The molecular weight excluding hydrogens is 644 g/mol. The minimum atomic E-state index is -0.432. The Hall–Kier alpha value is -5.56. The quantitative estimate of drug-likeness (QED) is 0.150. The second-order valence-corrected chi connectivity index (χ2v) is 12.0. The van der Waals surface area contributed by atoms with E-state index in [1.807, 2.05) is 65.2 Å². The lowest BCUT2D eigenvalue weighted by atomic mass is 9.97. The molecule has 3 heterocycles. The van der Waals surface area contributed by atoms with Crippen LogP contribution in [0, 0.1) is 0 Å². The number of rotatable bonds is 14. The Balaban J connectivity index is 1.25. The van der Waals surface area contributed by atoms with E-state index in [9.17, 15) is 9.59 Å². The molecule has 1 aliphatic heterocycles. The second kappa shape index (κ2) is 15.6. The Morgan fingerprint density at radius 3 is 2.45 bits per heavy atom. The molecule has 1 N–H and O–H groups in total. The van der Waals surface area contributed by atoms with Crippen molar-refractivity contribution >= 4 is 29.3 Å². The maximum absolute atomic E-state index is 14.1. The topological polar surface area (TPSA) is 133 Å². The highest BCUT2D eigenvalue weighted by molar-refractivity contribution is 7.99. The fourth-order valence-corrected chi connectivity index (χ4v) is 6.46. The molecule has 49 heavy (non-hydrogen) atoms. The van der Waals surface area contributed by atoms with E-state index in [-0.39, 0.29) is 29.9 Å². The molecule has 12 nitrogen and oxygen atoms in total. The number of hydrogen-bond donors (Lipinski definition) is 1. The number of aromatic nitrogens is 3. The van der Waals surface area contributed by atoms with Crippen LogP contribution in [-0.4, -0.2) is 64.4 Å². The van der Waals surface area contributed by atoms with Gasteiger partial charge in [-0.3, -0.25) is 9.59 Å². The van der Waals surface area contributed by atoms with E-state index in [1.54, 1.807) is 33.5 Å². The van der Waals surface area contributed by atoms with Crippen LogP contribution in [-0.2, 0) is 24.3 Å². The van der Waals surface area contributed by atoms with Crippen LogP contribution in [0.1, 0.15) is 45.5 Å². The molecule has 0 bridgehead atoms. The fraction of sp³-hybridized carbons (Fsp3) is 0.250. The maximum Gasteiger partial charge on any atom is 0.287 e. The molecule has 6 rings (SSSR count). The molecule has 252 valence electrons. The molecule has 0 fully saturated rings. The Kier molecular flexibility index (Phi) is 10.6. The van der Waals surface area contributed by atoms with Crippen molar-refractivity contribution in [2.24, 2.45) is 5.10 Å². The summed E-state index contributed by atoms with van der Waals surface area (Å²) in [6, 6.07) is 26.1. The van der Waals surface area contributed by atoms with Crippen molar-refractivity contribution in [2.45, 2.75) is 37.1 Å². The van der Waals surface area contributed by atoms with Gasteiger partial charge in [0.15, 0.2) is 28.2 Å². The molecule has 1 aliphatic rings. The summed E-state index contributed by atoms with van der Waals surface area (Å²) in [5.74, 6) is 2.09. The molecule has 0 saturated carbocycles. The normalized spacial score (nSPS) is 14.0. The molecule has 0 radical (unpaired) electrons. The minimum Gasteiger partial charge on any atom is -0.497 e. The number of benzene rings is 3. The largest absolute Gasteiger partial charge is 0.497 e.